The van der Waals surface area contributed by atoms with Gasteiger partial charge in [0.05, 0.1) is 41.6 Å². The molecule has 4 aromatic heterocycles. The number of hydrogen-bond donors (Lipinski definition) is 2. The number of amides is 1. The van der Waals surface area contributed by atoms with Gasteiger partial charge in [-0.25, -0.2) is 28.7 Å². The summed E-state index contributed by atoms with van der Waals surface area (Å²) in [5.74, 6) is -0.193. The van der Waals surface area contributed by atoms with Crippen LogP contribution in [0.3, 0.4) is 0 Å². The largest absolute Gasteiger partial charge is 0.489 e. The number of pyridine rings is 1. The number of carbonyl (C=O) groups excluding carboxylic acids is 1. The first-order valence-electron chi connectivity index (χ1n) is 21.8. The number of piperidine rings is 2. The number of anilines is 3. The molecule has 1 aromatic carbocycles. The zero-order valence-electron chi connectivity index (χ0n) is 36.8. The molecule has 0 radical (unpaired) electrons. The van der Waals surface area contributed by atoms with Gasteiger partial charge in [-0.3, -0.25) is 4.79 Å². The molecule has 5 aromatic rings. The van der Waals surface area contributed by atoms with E-state index in [9.17, 15) is 18.8 Å². The number of aromatic nitrogens is 6. The molecule has 8 rings (SSSR count). The number of aryl methyl sites for hydroxylation is 1. The van der Waals surface area contributed by atoms with Gasteiger partial charge in [0, 0.05) is 91.8 Å². The van der Waals surface area contributed by atoms with Gasteiger partial charge in [-0.15, -0.1) is 0 Å². The average molecular weight is 898 g/mol. The van der Waals surface area contributed by atoms with Gasteiger partial charge in [0.1, 0.15) is 36.2 Å². The van der Waals surface area contributed by atoms with Crippen molar-refractivity contribution in [3.63, 3.8) is 0 Å². The minimum atomic E-state index is -2.74. The molecule has 18 heteroatoms. The van der Waals surface area contributed by atoms with Crippen molar-refractivity contribution in [2.45, 2.75) is 97.4 Å². The molecule has 0 bridgehead atoms. The molecule has 3 aliphatic rings. The van der Waals surface area contributed by atoms with Crippen LogP contribution in [0.15, 0.2) is 61.2 Å². The van der Waals surface area contributed by atoms with E-state index in [4.69, 9.17) is 30.8 Å². The number of carbonyl (C=O) groups is 1. The fourth-order valence-corrected chi connectivity index (χ4v) is 9.70. The van der Waals surface area contributed by atoms with Gasteiger partial charge in [0.15, 0.2) is 5.65 Å². The maximum Gasteiger partial charge on any atom is 0.265 e. The van der Waals surface area contributed by atoms with Crippen LogP contribution in [0.5, 0.6) is 11.6 Å². The number of ether oxygens (including phenoxy) is 3. The number of benzene rings is 1. The normalized spacial score (nSPS) is 20.3. The highest BCUT2D eigenvalue weighted by atomic mass is 35.5. The predicted molar refractivity (Wildman–Crippen MR) is 238 cm³/mol. The van der Waals surface area contributed by atoms with Crippen LogP contribution in [0.1, 0.15) is 87.4 Å². The van der Waals surface area contributed by atoms with Crippen LogP contribution in [0.4, 0.5) is 26.4 Å². The second kappa shape index (κ2) is 18.3. The number of alkyl halides is 2. The highest BCUT2D eigenvalue weighted by Crippen LogP contribution is 2.55. The van der Waals surface area contributed by atoms with E-state index in [0.717, 1.165) is 30.4 Å². The number of nitrogens with zero attached hydrogens (tertiary/aromatic N) is 9. The second-order valence-corrected chi connectivity index (χ2v) is 18.4. The Balaban J connectivity index is 0.757. The summed E-state index contributed by atoms with van der Waals surface area (Å²) in [5.41, 5.74) is 2.48. The Bertz CT molecular complexity index is 2470. The Kier molecular flexibility index (Phi) is 12.8. The average Bonchev–Trinajstić information content (AvgIpc) is 3.71. The Hall–Kier alpha value is -5.86. The van der Waals surface area contributed by atoms with Crippen LogP contribution < -0.4 is 29.9 Å². The third kappa shape index (κ3) is 9.49. The molecule has 2 aliphatic heterocycles. The standard InChI is InChI=1S/C46H54ClF2N11O4/c1-6-30-27-55-60-36(21-37(56-39(30)60)59-15-7-14-46(48,49)28-59)51-23-29-8-11-38(52-24-29)63-19-18-62-33-12-16-58(17-13-33)43-53-25-32(26-54-43)40(61)57-41-44(2,3)42(45(41,4)5)64-34-10-9-31(22-50)35(47)20-34/h8-11,20-21,24-27,33,41-42,51H,6-7,12-19,23,28H2,1-5H3,(H,57,61)/t41-,42-. The lowest BCUT2D eigenvalue weighted by Crippen LogP contribution is -2.74. The van der Waals surface area contributed by atoms with Crippen molar-refractivity contribution in [2.75, 3.05) is 54.5 Å². The Morgan fingerprint density at radius 2 is 1.73 bits per heavy atom. The summed E-state index contributed by atoms with van der Waals surface area (Å²) in [4.78, 5) is 35.4. The van der Waals surface area contributed by atoms with Crippen LogP contribution >= 0.6 is 11.6 Å². The lowest BCUT2D eigenvalue weighted by molar-refractivity contribution is -0.164. The quantitative estimate of drug-likeness (QED) is 0.0992. The molecule has 2 saturated heterocycles. The van der Waals surface area contributed by atoms with Gasteiger partial charge in [-0.1, -0.05) is 52.3 Å². The van der Waals surface area contributed by atoms with Gasteiger partial charge < -0.3 is 34.6 Å². The summed E-state index contributed by atoms with van der Waals surface area (Å²) >= 11 is 6.24. The van der Waals surface area contributed by atoms with Gasteiger partial charge in [-0.2, -0.15) is 14.9 Å². The lowest BCUT2D eigenvalue weighted by atomic mass is 9.49. The highest BCUT2D eigenvalue weighted by molar-refractivity contribution is 6.31. The molecule has 64 heavy (non-hydrogen) atoms. The fraction of sp³-hybridized carbons (Fsp3) is 0.500. The summed E-state index contributed by atoms with van der Waals surface area (Å²) < 4.78 is 48.7. The Morgan fingerprint density at radius 1 is 0.969 bits per heavy atom. The van der Waals surface area contributed by atoms with E-state index >= 15 is 0 Å². The minimum absolute atomic E-state index is 0.0666. The van der Waals surface area contributed by atoms with Crippen LogP contribution in [0, 0.1) is 22.2 Å². The SMILES string of the molecule is CCc1cnn2c(NCc3ccc(OCCOC4CCN(c5ncc(C(=O)N[C@H]6C(C)(C)[C@H](Oc7ccc(C#N)c(Cl)c7)C6(C)C)cn5)CC4)nc3)cc(N3CCCC(F)(F)C3)nc12. The summed E-state index contributed by atoms with van der Waals surface area (Å²) in [6.07, 6.45) is 9.11. The summed E-state index contributed by atoms with van der Waals surface area (Å²) in [6, 6.07) is 12.4. The number of hydrogen-bond acceptors (Lipinski definition) is 13. The van der Waals surface area contributed by atoms with Gasteiger partial charge in [-0.05, 0) is 43.4 Å². The monoisotopic (exact) mass is 897 g/mol. The first-order valence-corrected chi connectivity index (χ1v) is 22.2. The summed E-state index contributed by atoms with van der Waals surface area (Å²) in [6.45, 7) is 13.0. The molecular weight excluding hydrogens is 844 g/mol. The number of halogens is 3. The van der Waals surface area contributed by atoms with Crippen molar-refractivity contribution in [1.82, 2.24) is 34.9 Å². The van der Waals surface area contributed by atoms with Crippen molar-refractivity contribution in [3.05, 3.63) is 88.5 Å². The molecule has 3 fully saturated rings. The first kappa shape index (κ1) is 44.7. The minimum Gasteiger partial charge on any atom is -0.489 e. The van der Waals surface area contributed by atoms with E-state index < -0.39 is 16.8 Å². The van der Waals surface area contributed by atoms with Crippen LogP contribution in [-0.4, -0.2) is 99.0 Å². The van der Waals surface area contributed by atoms with E-state index in [1.54, 1.807) is 58.5 Å². The van der Waals surface area contributed by atoms with E-state index in [0.29, 0.717) is 96.8 Å². The van der Waals surface area contributed by atoms with Crippen molar-refractivity contribution < 1.29 is 27.8 Å². The second-order valence-electron chi connectivity index (χ2n) is 18.0. The molecule has 1 amide bonds. The smallest absolute Gasteiger partial charge is 0.265 e. The highest BCUT2D eigenvalue weighted by Gasteiger charge is 2.64. The van der Waals surface area contributed by atoms with Crippen LogP contribution in [-0.2, 0) is 17.7 Å². The first-order chi connectivity index (χ1) is 30.6. The third-order valence-electron chi connectivity index (χ3n) is 12.6. The predicted octanol–water partition coefficient (Wildman–Crippen LogP) is 7.53. The van der Waals surface area contributed by atoms with E-state index in [1.807, 2.05) is 19.1 Å². The number of nitriles is 1. The van der Waals surface area contributed by atoms with Gasteiger partial charge in [0.2, 0.25) is 11.8 Å². The number of rotatable bonds is 15. The fourth-order valence-electron chi connectivity index (χ4n) is 9.48. The van der Waals surface area contributed by atoms with Crippen molar-refractivity contribution in [1.29, 1.82) is 5.26 Å². The number of fused-ring (bicyclic) bond motifs is 1. The Morgan fingerprint density at radius 3 is 2.41 bits per heavy atom. The van der Waals surface area contributed by atoms with Crippen LogP contribution in [0.25, 0.3) is 5.65 Å². The van der Waals surface area contributed by atoms with Crippen LogP contribution in [0.2, 0.25) is 5.02 Å². The van der Waals surface area contributed by atoms with Crippen molar-refractivity contribution in [2.24, 2.45) is 10.8 Å². The zero-order chi connectivity index (χ0) is 45.2. The summed E-state index contributed by atoms with van der Waals surface area (Å²) in [5, 5.41) is 20.7. The van der Waals surface area contributed by atoms with E-state index in [1.165, 1.54) is 0 Å². The molecule has 1 saturated carbocycles. The summed E-state index contributed by atoms with van der Waals surface area (Å²) in [7, 11) is 0. The molecule has 338 valence electrons. The molecular formula is C46H54ClF2N11O4. The molecule has 2 N–H and O–H groups in total. The number of nitrogens with one attached hydrogen (secondary N) is 2. The maximum atomic E-state index is 14.3. The Labute approximate surface area is 376 Å². The third-order valence-corrected chi connectivity index (χ3v) is 13.0. The van der Waals surface area contributed by atoms with E-state index in [-0.39, 0.29) is 37.1 Å². The molecule has 1 aliphatic carbocycles. The van der Waals surface area contributed by atoms with Crippen molar-refractivity contribution >= 4 is 40.7 Å². The zero-order valence-corrected chi connectivity index (χ0v) is 37.5. The lowest BCUT2D eigenvalue weighted by Gasteiger charge is -2.63. The molecule has 0 unspecified atom stereocenters. The molecule has 6 heterocycles. The van der Waals surface area contributed by atoms with E-state index in [2.05, 4.69) is 69.3 Å². The van der Waals surface area contributed by atoms with Gasteiger partial charge in [0.25, 0.3) is 11.8 Å². The van der Waals surface area contributed by atoms with Gasteiger partial charge >= 0.3 is 0 Å². The maximum absolute atomic E-state index is 14.3. The topological polar surface area (TPSA) is 168 Å². The molecule has 0 spiro atoms. The molecule has 0 atom stereocenters. The van der Waals surface area contributed by atoms with Crippen molar-refractivity contribution in [3.8, 4) is 17.7 Å². The molecule has 15 nitrogen and oxygen atoms in total.